The monoisotopic (exact) mass is 654 g/mol. The molecule has 0 saturated carbocycles. The molecule has 3 heterocycles. The molecule has 14 heteroatoms. The molecule has 4 rings (SSSR count). The number of ether oxygens (including phenoxy) is 3. The summed E-state index contributed by atoms with van der Waals surface area (Å²) in [7, 11) is 1.71. The Morgan fingerprint density at radius 3 is 2.28 bits per heavy atom. The highest BCUT2D eigenvalue weighted by atomic mass is 16.8. The van der Waals surface area contributed by atoms with Gasteiger partial charge >= 0.3 is 12.1 Å². The van der Waals surface area contributed by atoms with Crippen LogP contribution in [0, 0.1) is 0 Å². The van der Waals surface area contributed by atoms with Crippen molar-refractivity contribution in [3.63, 3.8) is 0 Å². The van der Waals surface area contributed by atoms with Crippen molar-refractivity contribution in [1.82, 2.24) is 25.2 Å². The van der Waals surface area contributed by atoms with Crippen LogP contribution < -0.4 is 10.2 Å². The van der Waals surface area contributed by atoms with Gasteiger partial charge in [-0.05, 0) is 47.0 Å². The Morgan fingerprint density at radius 2 is 1.66 bits per heavy atom. The standard InChI is InChI=1S/C33H46N6O8/c1-6-45-32(43)47-39-20-18-38(19-21-39)31(42)25(12-13-28(40)46-33(2,3)4)35-30(41)26-22-27(37-16-14-24(44-5)15-17-37)36-29(34-26)23-10-8-7-9-11-23/h7-11,22,24-25H,6,12-21H2,1-5H3,(H,35,41)/t25-/m0/s1. The van der Waals surface area contributed by atoms with Crippen LogP contribution in [0.15, 0.2) is 36.4 Å². The lowest BCUT2D eigenvalue weighted by molar-refractivity contribution is -0.158. The Bertz CT molecular complexity index is 1370. The van der Waals surface area contributed by atoms with Gasteiger partial charge in [-0.15, -0.1) is 5.06 Å². The van der Waals surface area contributed by atoms with E-state index in [1.54, 1.807) is 45.8 Å². The summed E-state index contributed by atoms with van der Waals surface area (Å²) in [6.07, 6.45) is 0.937. The van der Waals surface area contributed by atoms with E-state index in [0.717, 1.165) is 18.4 Å². The number of aromatic nitrogens is 2. The Balaban J connectivity index is 1.54. The number of methoxy groups -OCH3 is 1. The van der Waals surface area contributed by atoms with Gasteiger partial charge in [-0.2, -0.15) is 0 Å². The number of anilines is 1. The molecule has 47 heavy (non-hydrogen) atoms. The minimum absolute atomic E-state index is 0.0209. The predicted octanol–water partition coefficient (Wildman–Crippen LogP) is 3.21. The number of piperidine rings is 1. The number of carbonyl (C=O) groups excluding carboxylic acids is 4. The first kappa shape index (κ1) is 35.6. The van der Waals surface area contributed by atoms with Gasteiger partial charge in [0.2, 0.25) is 5.91 Å². The van der Waals surface area contributed by atoms with Gasteiger partial charge < -0.3 is 34.2 Å². The fourth-order valence-electron chi connectivity index (χ4n) is 5.36. The number of hydrogen-bond donors (Lipinski definition) is 1. The van der Waals surface area contributed by atoms with E-state index in [2.05, 4.69) is 15.2 Å². The number of piperazine rings is 1. The molecule has 0 aliphatic carbocycles. The molecule has 2 aliphatic heterocycles. The molecule has 256 valence electrons. The van der Waals surface area contributed by atoms with Gasteiger partial charge in [0.25, 0.3) is 5.91 Å². The third-order valence-electron chi connectivity index (χ3n) is 7.75. The van der Waals surface area contributed by atoms with Crippen molar-refractivity contribution in [1.29, 1.82) is 0 Å². The normalized spacial score (nSPS) is 16.7. The van der Waals surface area contributed by atoms with Crippen LogP contribution in [0.25, 0.3) is 11.4 Å². The molecule has 0 bridgehead atoms. The first-order chi connectivity index (χ1) is 22.5. The zero-order valence-electron chi connectivity index (χ0n) is 27.9. The number of amides is 2. The van der Waals surface area contributed by atoms with Crippen LogP contribution in [0.1, 0.15) is 63.9 Å². The average Bonchev–Trinajstić information content (AvgIpc) is 3.06. The fraction of sp³-hybridized carbons (Fsp3) is 0.576. The lowest BCUT2D eigenvalue weighted by atomic mass is 10.1. The van der Waals surface area contributed by atoms with Crippen molar-refractivity contribution in [2.45, 2.75) is 71.1 Å². The maximum Gasteiger partial charge on any atom is 0.527 e. The molecular weight excluding hydrogens is 608 g/mol. The van der Waals surface area contributed by atoms with Crippen LogP contribution in [0.3, 0.4) is 0 Å². The van der Waals surface area contributed by atoms with E-state index < -0.39 is 29.7 Å². The number of benzene rings is 1. The second kappa shape index (κ2) is 16.5. The molecule has 0 radical (unpaired) electrons. The first-order valence-corrected chi connectivity index (χ1v) is 16.1. The van der Waals surface area contributed by atoms with E-state index in [1.807, 2.05) is 30.3 Å². The van der Waals surface area contributed by atoms with Crippen LogP contribution in [0.5, 0.6) is 0 Å². The summed E-state index contributed by atoms with van der Waals surface area (Å²) in [5.41, 5.74) is 0.152. The van der Waals surface area contributed by atoms with Gasteiger partial charge in [0.15, 0.2) is 5.82 Å². The highest BCUT2D eigenvalue weighted by Crippen LogP contribution is 2.24. The molecule has 1 aromatic carbocycles. The molecule has 2 saturated heterocycles. The number of hydroxylamine groups is 2. The smallest absolute Gasteiger partial charge is 0.460 e. The number of esters is 1. The summed E-state index contributed by atoms with van der Waals surface area (Å²) in [5, 5.41) is 4.28. The maximum atomic E-state index is 13.9. The van der Waals surface area contributed by atoms with Crippen LogP contribution in [-0.2, 0) is 28.6 Å². The van der Waals surface area contributed by atoms with Crippen LogP contribution in [-0.4, -0.2) is 115 Å². The van der Waals surface area contributed by atoms with Crippen molar-refractivity contribution < 1.29 is 38.2 Å². The Morgan fingerprint density at radius 1 is 0.979 bits per heavy atom. The number of nitrogens with zero attached hydrogens (tertiary/aromatic N) is 5. The molecule has 14 nitrogen and oxygen atoms in total. The fourth-order valence-corrected chi connectivity index (χ4v) is 5.36. The van der Waals surface area contributed by atoms with E-state index >= 15 is 0 Å². The molecule has 2 aromatic rings. The Hall–Kier alpha value is -4.30. The maximum absolute atomic E-state index is 13.9. The van der Waals surface area contributed by atoms with Crippen LogP contribution in [0.4, 0.5) is 10.6 Å². The molecule has 1 atom stereocenters. The number of carbonyl (C=O) groups is 4. The Kier molecular flexibility index (Phi) is 12.5. The summed E-state index contributed by atoms with van der Waals surface area (Å²) >= 11 is 0. The molecule has 2 amide bonds. The third-order valence-corrected chi connectivity index (χ3v) is 7.75. The summed E-state index contributed by atoms with van der Waals surface area (Å²) in [4.78, 5) is 70.2. The van der Waals surface area contributed by atoms with E-state index in [1.165, 1.54) is 5.06 Å². The van der Waals surface area contributed by atoms with Crippen molar-refractivity contribution >= 4 is 29.8 Å². The molecule has 0 spiro atoms. The highest BCUT2D eigenvalue weighted by Gasteiger charge is 2.32. The van der Waals surface area contributed by atoms with E-state index in [0.29, 0.717) is 24.7 Å². The van der Waals surface area contributed by atoms with Gasteiger partial charge in [0.05, 0.1) is 25.8 Å². The van der Waals surface area contributed by atoms with Crippen molar-refractivity contribution in [3.8, 4) is 11.4 Å². The second-order valence-electron chi connectivity index (χ2n) is 12.4. The molecule has 1 N–H and O–H groups in total. The summed E-state index contributed by atoms with van der Waals surface area (Å²) < 4.78 is 15.8. The first-order valence-electron chi connectivity index (χ1n) is 16.1. The minimum atomic E-state index is -1.04. The van der Waals surface area contributed by atoms with Gasteiger partial charge in [0, 0.05) is 51.3 Å². The summed E-state index contributed by atoms with van der Waals surface area (Å²) in [6, 6.07) is 9.97. The lowest BCUT2D eigenvalue weighted by Crippen LogP contribution is -2.55. The van der Waals surface area contributed by atoms with Gasteiger partial charge in [-0.25, -0.2) is 14.8 Å². The zero-order valence-corrected chi connectivity index (χ0v) is 27.9. The SMILES string of the molecule is CCOC(=O)ON1CCN(C(=O)[C@H](CCC(=O)OC(C)(C)C)NC(=O)c2cc(N3CCC(OC)CC3)nc(-c3ccccc3)n2)CC1. The highest BCUT2D eigenvalue weighted by molar-refractivity contribution is 5.97. The molecule has 0 unspecified atom stereocenters. The van der Waals surface area contributed by atoms with Crippen LogP contribution >= 0.6 is 0 Å². The quantitative estimate of drug-likeness (QED) is 0.354. The predicted molar refractivity (Wildman–Crippen MR) is 172 cm³/mol. The largest absolute Gasteiger partial charge is 0.527 e. The lowest BCUT2D eigenvalue weighted by Gasteiger charge is -2.35. The van der Waals surface area contributed by atoms with E-state index in [4.69, 9.17) is 24.0 Å². The molecule has 2 fully saturated rings. The average molecular weight is 655 g/mol. The van der Waals surface area contributed by atoms with Crippen molar-refractivity contribution in [2.75, 3.05) is 57.9 Å². The number of rotatable bonds is 11. The van der Waals surface area contributed by atoms with E-state index in [9.17, 15) is 19.2 Å². The third kappa shape index (κ3) is 10.6. The zero-order chi connectivity index (χ0) is 34.0. The molecule has 1 aromatic heterocycles. The van der Waals surface area contributed by atoms with Crippen LogP contribution in [0.2, 0.25) is 0 Å². The molecular formula is C33H46N6O8. The van der Waals surface area contributed by atoms with E-state index in [-0.39, 0.29) is 63.3 Å². The Labute approximate surface area is 275 Å². The number of hydrogen-bond acceptors (Lipinski definition) is 12. The van der Waals surface area contributed by atoms with Gasteiger partial charge in [-0.1, -0.05) is 30.3 Å². The summed E-state index contributed by atoms with van der Waals surface area (Å²) in [5.74, 6) is -0.418. The summed E-state index contributed by atoms with van der Waals surface area (Å²) in [6.45, 7) is 9.56. The minimum Gasteiger partial charge on any atom is -0.460 e. The number of nitrogens with one attached hydrogen (secondary N) is 1. The van der Waals surface area contributed by atoms with Crippen molar-refractivity contribution in [3.05, 3.63) is 42.1 Å². The van der Waals surface area contributed by atoms with Crippen molar-refractivity contribution in [2.24, 2.45) is 0 Å². The topological polar surface area (TPSA) is 153 Å². The van der Waals surface area contributed by atoms with Gasteiger partial charge in [-0.3, -0.25) is 14.4 Å². The molecule has 2 aliphatic rings. The second-order valence-corrected chi connectivity index (χ2v) is 12.4. The van der Waals surface area contributed by atoms with Gasteiger partial charge in [0.1, 0.15) is 23.2 Å².